The fourth-order valence-electron chi connectivity index (χ4n) is 2.11. The maximum absolute atomic E-state index is 12.1. The minimum Gasteiger partial charge on any atom is -0.480 e. The van der Waals surface area contributed by atoms with E-state index in [1.807, 2.05) is 4.90 Å². The maximum atomic E-state index is 12.1. The second-order valence-corrected chi connectivity index (χ2v) is 4.68. The number of aliphatic carboxylic acids is 1. The number of rotatable bonds is 3. The Morgan fingerprint density at radius 1 is 1.37 bits per heavy atom. The smallest absolute Gasteiger partial charge is 0.320 e. The molecule has 7 nitrogen and oxygen atoms in total. The molecule has 1 N–H and O–H groups in total. The van der Waals surface area contributed by atoms with Crippen molar-refractivity contribution in [3.63, 3.8) is 0 Å². The molecule has 1 aliphatic heterocycles. The molecule has 0 aliphatic carbocycles. The van der Waals surface area contributed by atoms with Crippen LogP contribution in [0.3, 0.4) is 0 Å². The summed E-state index contributed by atoms with van der Waals surface area (Å²) < 4.78 is 4.94. The highest BCUT2D eigenvalue weighted by Crippen LogP contribution is 2.13. The summed E-state index contributed by atoms with van der Waals surface area (Å²) in [5, 5.41) is 12.5. The summed E-state index contributed by atoms with van der Waals surface area (Å²) in [6.07, 6.45) is 1.51. The molecule has 1 aromatic heterocycles. The van der Waals surface area contributed by atoms with Crippen LogP contribution in [-0.2, 0) is 4.79 Å². The van der Waals surface area contributed by atoms with E-state index in [4.69, 9.17) is 9.63 Å². The van der Waals surface area contributed by atoms with E-state index in [0.717, 1.165) is 0 Å². The number of nitrogens with zero attached hydrogens (tertiary/aromatic N) is 3. The highest BCUT2D eigenvalue weighted by atomic mass is 16.5. The number of hydrogen-bond acceptors (Lipinski definition) is 5. The van der Waals surface area contributed by atoms with Crippen LogP contribution in [0.5, 0.6) is 0 Å². The molecule has 1 unspecified atom stereocenters. The van der Waals surface area contributed by atoms with Crippen LogP contribution in [-0.4, -0.2) is 64.2 Å². The lowest BCUT2D eigenvalue weighted by molar-refractivity contribution is -0.143. The van der Waals surface area contributed by atoms with Crippen molar-refractivity contribution in [1.29, 1.82) is 0 Å². The van der Waals surface area contributed by atoms with Gasteiger partial charge >= 0.3 is 5.97 Å². The molecule has 0 saturated carbocycles. The van der Waals surface area contributed by atoms with Crippen LogP contribution in [0, 0.1) is 6.92 Å². The van der Waals surface area contributed by atoms with Crippen molar-refractivity contribution in [2.24, 2.45) is 0 Å². The lowest BCUT2D eigenvalue weighted by atomic mass is 10.2. The van der Waals surface area contributed by atoms with Gasteiger partial charge in [0.15, 0.2) is 0 Å². The Labute approximate surface area is 110 Å². The fraction of sp³-hybridized carbons (Fsp3) is 0.583. The van der Waals surface area contributed by atoms with Gasteiger partial charge in [-0.1, -0.05) is 5.16 Å². The molecule has 1 atom stereocenters. The molecule has 0 spiro atoms. The van der Waals surface area contributed by atoms with E-state index in [0.29, 0.717) is 31.7 Å². The minimum atomic E-state index is -0.842. The first-order chi connectivity index (χ1) is 9.00. The lowest BCUT2D eigenvalue weighted by Crippen LogP contribution is -2.53. The van der Waals surface area contributed by atoms with E-state index < -0.39 is 12.0 Å². The quantitative estimate of drug-likeness (QED) is 0.842. The molecule has 2 rings (SSSR count). The van der Waals surface area contributed by atoms with Gasteiger partial charge in [0.1, 0.15) is 6.04 Å². The van der Waals surface area contributed by atoms with Gasteiger partial charge in [0.05, 0.1) is 6.20 Å². The number of carbonyl (C=O) groups is 2. The Morgan fingerprint density at radius 3 is 2.47 bits per heavy atom. The van der Waals surface area contributed by atoms with Gasteiger partial charge in [0.2, 0.25) is 5.76 Å². The predicted molar refractivity (Wildman–Crippen MR) is 65.8 cm³/mol. The first-order valence-corrected chi connectivity index (χ1v) is 6.18. The van der Waals surface area contributed by atoms with Gasteiger partial charge in [-0.25, -0.2) is 0 Å². The lowest BCUT2D eigenvalue weighted by Gasteiger charge is -2.36. The summed E-state index contributed by atoms with van der Waals surface area (Å²) in [5.41, 5.74) is 0.714. The van der Waals surface area contributed by atoms with Crippen LogP contribution in [0.25, 0.3) is 0 Å². The van der Waals surface area contributed by atoms with Crippen molar-refractivity contribution in [2.75, 3.05) is 26.2 Å². The number of piperazine rings is 1. The normalized spacial score (nSPS) is 18.3. The molecule has 1 saturated heterocycles. The highest BCUT2D eigenvalue weighted by molar-refractivity contribution is 5.92. The topological polar surface area (TPSA) is 86.9 Å². The molecule has 104 valence electrons. The Morgan fingerprint density at radius 2 is 2.00 bits per heavy atom. The third kappa shape index (κ3) is 2.76. The first kappa shape index (κ1) is 13.5. The van der Waals surface area contributed by atoms with E-state index >= 15 is 0 Å². The van der Waals surface area contributed by atoms with E-state index in [2.05, 4.69) is 5.16 Å². The Bertz CT molecular complexity index is 477. The third-order valence-corrected chi connectivity index (χ3v) is 3.45. The van der Waals surface area contributed by atoms with Crippen LogP contribution < -0.4 is 0 Å². The van der Waals surface area contributed by atoms with Gasteiger partial charge in [-0.05, 0) is 13.8 Å². The van der Waals surface area contributed by atoms with Crippen molar-refractivity contribution in [2.45, 2.75) is 19.9 Å². The van der Waals surface area contributed by atoms with Crippen molar-refractivity contribution < 1.29 is 19.2 Å². The summed E-state index contributed by atoms with van der Waals surface area (Å²) in [6, 6.07) is -0.524. The van der Waals surface area contributed by atoms with Gasteiger partial charge in [-0.3, -0.25) is 14.5 Å². The molecular formula is C12H17N3O4. The zero-order chi connectivity index (χ0) is 14.0. The van der Waals surface area contributed by atoms with Crippen molar-refractivity contribution in [3.05, 3.63) is 17.5 Å². The molecule has 1 aromatic rings. The molecule has 0 aromatic carbocycles. The van der Waals surface area contributed by atoms with Gasteiger partial charge in [-0.15, -0.1) is 0 Å². The standard InChI is InChI=1S/C12H17N3O4/c1-8-7-13-19-10(8)11(16)15-5-3-14(4-6-15)9(2)12(17)18/h7,9H,3-6H2,1-2H3,(H,17,18). The van der Waals surface area contributed by atoms with Gasteiger partial charge in [0, 0.05) is 31.7 Å². The van der Waals surface area contributed by atoms with Gasteiger partial charge in [0.25, 0.3) is 5.91 Å². The van der Waals surface area contributed by atoms with Crippen molar-refractivity contribution >= 4 is 11.9 Å². The number of hydrogen-bond donors (Lipinski definition) is 1. The number of carboxylic acid groups (broad SMARTS) is 1. The average molecular weight is 267 g/mol. The second-order valence-electron chi connectivity index (χ2n) is 4.68. The minimum absolute atomic E-state index is 0.183. The van der Waals surface area contributed by atoms with Crippen molar-refractivity contribution in [1.82, 2.24) is 15.0 Å². The summed E-state index contributed by atoms with van der Waals surface area (Å²) in [7, 11) is 0. The number of carbonyl (C=O) groups excluding carboxylic acids is 1. The molecule has 0 bridgehead atoms. The molecule has 1 amide bonds. The fourth-order valence-corrected chi connectivity index (χ4v) is 2.11. The maximum Gasteiger partial charge on any atom is 0.320 e. The number of carboxylic acids is 1. The SMILES string of the molecule is Cc1cnoc1C(=O)N1CCN(C(C)C(=O)O)CC1. The number of amides is 1. The summed E-state index contributed by atoms with van der Waals surface area (Å²) in [5.74, 6) is -0.761. The number of aryl methyl sites for hydroxylation is 1. The first-order valence-electron chi connectivity index (χ1n) is 6.18. The van der Waals surface area contributed by atoms with Crippen LogP contribution in [0.4, 0.5) is 0 Å². The third-order valence-electron chi connectivity index (χ3n) is 3.45. The van der Waals surface area contributed by atoms with E-state index in [1.54, 1.807) is 18.7 Å². The molecule has 19 heavy (non-hydrogen) atoms. The second kappa shape index (κ2) is 5.40. The van der Waals surface area contributed by atoms with Crippen molar-refractivity contribution in [3.8, 4) is 0 Å². The molecule has 7 heteroatoms. The summed E-state index contributed by atoms with van der Waals surface area (Å²) in [4.78, 5) is 26.6. The molecule has 2 heterocycles. The largest absolute Gasteiger partial charge is 0.480 e. The molecular weight excluding hydrogens is 250 g/mol. The molecule has 1 fully saturated rings. The zero-order valence-electron chi connectivity index (χ0n) is 11.0. The van der Waals surface area contributed by atoms with Crippen LogP contribution >= 0.6 is 0 Å². The Kier molecular flexibility index (Phi) is 3.84. The Hall–Kier alpha value is -1.89. The van der Waals surface area contributed by atoms with Crippen LogP contribution in [0.15, 0.2) is 10.7 Å². The van der Waals surface area contributed by atoms with Crippen LogP contribution in [0.1, 0.15) is 23.0 Å². The van der Waals surface area contributed by atoms with Gasteiger partial charge < -0.3 is 14.5 Å². The summed E-state index contributed by atoms with van der Waals surface area (Å²) in [6.45, 7) is 5.51. The zero-order valence-corrected chi connectivity index (χ0v) is 11.0. The van der Waals surface area contributed by atoms with E-state index in [9.17, 15) is 9.59 Å². The van der Waals surface area contributed by atoms with E-state index in [-0.39, 0.29) is 11.7 Å². The highest BCUT2D eigenvalue weighted by Gasteiger charge is 2.29. The van der Waals surface area contributed by atoms with Gasteiger partial charge in [-0.2, -0.15) is 0 Å². The number of aromatic nitrogens is 1. The Balaban J connectivity index is 1.95. The average Bonchev–Trinajstić information content (AvgIpc) is 2.83. The van der Waals surface area contributed by atoms with E-state index in [1.165, 1.54) is 6.20 Å². The summed E-state index contributed by atoms with van der Waals surface area (Å²) >= 11 is 0. The predicted octanol–water partition coefficient (Wildman–Crippen LogP) is 0.214. The molecule has 1 aliphatic rings. The van der Waals surface area contributed by atoms with Crippen LogP contribution in [0.2, 0.25) is 0 Å². The molecule has 0 radical (unpaired) electrons. The monoisotopic (exact) mass is 267 g/mol.